The number of hydrogen-bond donors (Lipinski definition) is 2. The summed E-state index contributed by atoms with van der Waals surface area (Å²) in [6, 6.07) is 12.1. The Bertz CT molecular complexity index is 941. The van der Waals surface area contributed by atoms with Crippen molar-refractivity contribution in [2.75, 3.05) is 24.8 Å². The largest absolute Gasteiger partial charge is 0.389 e. The van der Waals surface area contributed by atoms with Gasteiger partial charge in [0.25, 0.3) is 0 Å². The van der Waals surface area contributed by atoms with Crippen LogP contribution in [0.2, 0.25) is 0 Å². The fourth-order valence-corrected chi connectivity index (χ4v) is 4.97. The van der Waals surface area contributed by atoms with E-state index in [0.29, 0.717) is 6.61 Å². The predicted octanol–water partition coefficient (Wildman–Crippen LogP) is 3.90. The van der Waals surface area contributed by atoms with Gasteiger partial charge in [-0.2, -0.15) is 0 Å². The van der Waals surface area contributed by atoms with Crippen LogP contribution in [0.3, 0.4) is 0 Å². The lowest BCUT2D eigenvalue weighted by atomic mass is 9.91. The number of aryl methyl sites for hydroxylation is 2. The van der Waals surface area contributed by atoms with E-state index < -0.39 is 6.10 Å². The van der Waals surface area contributed by atoms with Crippen LogP contribution in [0.4, 0.5) is 5.69 Å². The van der Waals surface area contributed by atoms with Crippen LogP contribution in [0.1, 0.15) is 33.8 Å². The summed E-state index contributed by atoms with van der Waals surface area (Å²) in [4.78, 5) is 4.79. The molecule has 1 aromatic carbocycles. The summed E-state index contributed by atoms with van der Waals surface area (Å²) < 4.78 is 7.35. The monoisotopic (exact) mass is 383 g/mol. The van der Waals surface area contributed by atoms with Gasteiger partial charge in [0.1, 0.15) is 0 Å². The van der Waals surface area contributed by atoms with E-state index in [1.807, 2.05) is 25.1 Å². The number of anilines is 1. The molecule has 2 aromatic heterocycles. The molecule has 3 aromatic rings. The first kappa shape index (κ1) is 18.3. The number of nitrogens with one attached hydrogen (secondary N) is 1. The maximum absolute atomic E-state index is 11.2. The molecule has 1 aliphatic heterocycles. The van der Waals surface area contributed by atoms with Gasteiger partial charge in [-0.25, -0.2) is 4.98 Å². The van der Waals surface area contributed by atoms with Gasteiger partial charge in [0.05, 0.1) is 35.4 Å². The summed E-state index contributed by atoms with van der Waals surface area (Å²) in [5, 5.41) is 14.8. The lowest BCUT2D eigenvalue weighted by Gasteiger charge is -2.38. The molecule has 0 bridgehead atoms. The van der Waals surface area contributed by atoms with Crippen LogP contribution in [0.15, 0.2) is 42.6 Å². The summed E-state index contributed by atoms with van der Waals surface area (Å²) in [6.45, 7) is 4.78. The number of aliphatic hydroxyl groups is 1. The molecule has 4 rings (SSSR count). The minimum atomic E-state index is -0.540. The van der Waals surface area contributed by atoms with Gasteiger partial charge < -0.3 is 19.6 Å². The van der Waals surface area contributed by atoms with E-state index in [-0.39, 0.29) is 11.3 Å². The number of benzene rings is 1. The summed E-state index contributed by atoms with van der Waals surface area (Å²) in [7, 11) is 1.71. The Kier molecular flexibility index (Phi) is 5.12. The van der Waals surface area contributed by atoms with Crippen molar-refractivity contribution in [3.63, 3.8) is 0 Å². The number of fused-ring (bicyclic) bond motifs is 3. The Morgan fingerprint density at radius 1 is 1.22 bits per heavy atom. The van der Waals surface area contributed by atoms with Crippen molar-refractivity contribution in [3.05, 3.63) is 65.1 Å². The van der Waals surface area contributed by atoms with Crippen molar-refractivity contribution < 1.29 is 9.84 Å². The number of imidazole rings is 1. The van der Waals surface area contributed by atoms with E-state index in [1.54, 1.807) is 18.9 Å². The second-order valence-corrected chi connectivity index (χ2v) is 8.18. The van der Waals surface area contributed by atoms with Gasteiger partial charge >= 0.3 is 0 Å². The molecule has 3 atom stereocenters. The zero-order chi connectivity index (χ0) is 19.0. The fraction of sp³-hybridized carbons (Fsp3) is 0.381. The quantitative estimate of drug-likeness (QED) is 0.655. The van der Waals surface area contributed by atoms with Gasteiger partial charge in [-0.1, -0.05) is 30.3 Å². The number of methoxy groups -OCH3 is 1. The van der Waals surface area contributed by atoms with Gasteiger partial charge in [-0.3, -0.25) is 0 Å². The molecule has 0 aliphatic carbocycles. The SMILES string of the molecule is COCCSC1c2ccn3c(C)c(C)nc3c2NC(c2ccccc2)C1O. The topological polar surface area (TPSA) is 58.8 Å². The van der Waals surface area contributed by atoms with Gasteiger partial charge in [-0.15, -0.1) is 11.8 Å². The number of hydrogen-bond acceptors (Lipinski definition) is 5. The van der Waals surface area contributed by atoms with Crippen molar-refractivity contribution in [1.29, 1.82) is 0 Å². The molecule has 5 nitrogen and oxygen atoms in total. The van der Waals surface area contributed by atoms with Gasteiger partial charge in [0.2, 0.25) is 0 Å². The first-order valence-electron chi connectivity index (χ1n) is 9.20. The van der Waals surface area contributed by atoms with Crippen molar-refractivity contribution >= 4 is 23.1 Å². The number of aromatic nitrogens is 2. The summed E-state index contributed by atoms with van der Waals surface area (Å²) in [5.74, 6) is 0.830. The van der Waals surface area contributed by atoms with Crippen molar-refractivity contribution in [3.8, 4) is 0 Å². The molecular formula is C21H25N3O2S. The maximum atomic E-state index is 11.2. The molecule has 0 saturated heterocycles. The Morgan fingerprint density at radius 3 is 2.74 bits per heavy atom. The fourth-order valence-electron chi connectivity index (χ4n) is 3.73. The summed E-state index contributed by atoms with van der Waals surface area (Å²) in [5.41, 5.74) is 6.29. The molecule has 1 aliphatic rings. The molecular weight excluding hydrogens is 358 g/mol. The van der Waals surface area contributed by atoms with E-state index in [9.17, 15) is 5.11 Å². The molecule has 0 fully saturated rings. The Labute approximate surface area is 163 Å². The molecule has 2 N–H and O–H groups in total. The Balaban J connectivity index is 1.82. The summed E-state index contributed by atoms with van der Waals surface area (Å²) >= 11 is 1.74. The van der Waals surface area contributed by atoms with Crippen LogP contribution in [0.5, 0.6) is 0 Å². The Hall–Kier alpha value is -2.02. The summed E-state index contributed by atoms with van der Waals surface area (Å²) in [6.07, 6.45) is 1.52. The van der Waals surface area contributed by atoms with E-state index >= 15 is 0 Å². The van der Waals surface area contributed by atoms with Gasteiger partial charge in [0.15, 0.2) is 5.65 Å². The van der Waals surface area contributed by atoms with Crippen LogP contribution in [-0.2, 0) is 4.74 Å². The van der Waals surface area contributed by atoms with Crippen LogP contribution >= 0.6 is 11.8 Å². The molecule has 0 amide bonds. The van der Waals surface area contributed by atoms with E-state index in [1.165, 1.54) is 0 Å². The first-order chi connectivity index (χ1) is 13.1. The lowest BCUT2D eigenvalue weighted by Crippen LogP contribution is -2.35. The van der Waals surface area contributed by atoms with Crippen LogP contribution in [-0.4, -0.2) is 40.1 Å². The molecule has 3 heterocycles. The molecule has 6 heteroatoms. The Morgan fingerprint density at radius 2 is 2.00 bits per heavy atom. The van der Waals surface area contributed by atoms with Crippen LogP contribution < -0.4 is 5.32 Å². The predicted molar refractivity (Wildman–Crippen MR) is 111 cm³/mol. The smallest absolute Gasteiger partial charge is 0.161 e. The third kappa shape index (κ3) is 3.22. The highest BCUT2D eigenvalue weighted by molar-refractivity contribution is 7.99. The number of ether oxygens (including phenoxy) is 1. The number of aliphatic hydroxyl groups excluding tert-OH is 1. The molecule has 142 valence electrons. The molecule has 0 radical (unpaired) electrons. The van der Waals surface area contributed by atoms with Crippen molar-refractivity contribution in [1.82, 2.24) is 9.38 Å². The van der Waals surface area contributed by atoms with E-state index in [2.05, 4.69) is 41.0 Å². The highest BCUT2D eigenvalue weighted by Gasteiger charge is 2.38. The standard InChI is InChI=1S/C21H25N3O2S/c1-13-14(2)24-10-9-16-18(21(24)22-13)23-17(15-7-5-4-6-8-15)19(25)20(16)27-12-11-26-3/h4-10,17,19-20,23,25H,11-12H2,1-3H3. The van der Waals surface area contributed by atoms with Gasteiger partial charge in [-0.05, 0) is 31.0 Å². The average Bonchev–Trinajstić information content (AvgIpc) is 2.98. The van der Waals surface area contributed by atoms with Crippen molar-refractivity contribution in [2.24, 2.45) is 0 Å². The zero-order valence-electron chi connectivity index (χ0n) is 15.8. The number of pyridine rings is 1. The van der Waals surface area contributed by atoms with E-state index in [0.717, 1.165) is 39.6 Å². The highest BCUT2D eigenvalue weighted by Crippen LogP contribution is 2.47. The molecule has 3 unspecified atom stereocenters. The second kappa shape index (κ2) is 7.54. The lowest BCUT2D eigenvalue weighted by molar-refractivity contribution is 0.145. The minimum absolute atomic E-state index is 0.0380. The third-order valence-electron chi connectivity index (χ3n) is 5.30. The average molecular weight is 384 g/mol. The number of thioether (sulfide) groups is 1. The second-order valence-electron chi connectivity index (χ2n) is 6.93. The molecule has 0 spiro atoms. The normalized spacial score (nSPS) is 21.9. The zero-order valence-corrected chi connectivity index (χ0v) is 16.7. The van der Waals surface area contributed by atoms with Gasteiger partial charge in [0, 0.05) is 24.8 Å². The highest BCUT2D eigenvalue weighted by atomic mass is 32.2. The molecule has 0 saturated carbocycles. The number of nitrogens with zero attached hydrogens (tertiary/aromatic N) is 2. The molecule has 27 heavy (non-hydrogen) atoms. The number of rotatable bonds is 5. The van der Waals surface area contributed by atoms with E-state index in [4.69, 9.17) is 9.72 Å². The van der Waals surface area contributed by atoms with Crippen molar-refractivity contribution in [2.45, 2.75) is 31.2 Å². The van der Waals surface area contributed by atoms with Crippen LogP contribution in [0, 0.1) is 13.8 Å². The minimum Gasteiger partial charge on any atom is -0.389 e. The first-order valence-corrected chi connectivity index (χ1v) is 10.2. The maximum Gasteiger partial charge on any atom is 0.161 e. The third-order valence-corrected chi connectivity index (χ3v) is 6.60. The van der Waals surface area contributed by atoms with Crippen LogP contribution in [0.25, 0.3) is 5.65 Å².